The minimum absolute atomic E-state index is 0.0218. The monoisotopic (exact) mass is 1000 g/mol. The Morgan fingerprint density at radius 2 is 0.766 bits per heavy atom. The molecule has 0 bridgehead atoms. The fourth-order valence-electron chi connectivity index (χ4n) is 5.86. The summed E-state index contributed by atoms with van der Waals surface area (Å²) >= 11 is 0. The van der Waals surface area contributed by atoms with Gasteiger partial charge in [0.25, 0.3) is 0 Å². The zero-order valence-electron chi connectivity index (χ0n) is 36.1. The lowest BCUT2D eigenvalue weighted by atomic mass is 9.97. The van der Waals surface area contributed by atoms with Crippen molar-refractivity contribution in [1.82, 2.24) is 0 Å². The standard InChI is InChI=1S/C38H62F18NO6P/c1-57(2,3)24-27-62-64(58,59)63-29-30(61-26-21-17-13-9-5-7-11-15-19-23-32(41,42)34(45,46)36(49,50)38(54,55)56)28-60-25-20-16-12-8-4-6-10-14-18-22-31(39,40)33(43,44)35(47,48)37(51,52)53/h30H,4-29H2,1-3H3/p+1/t30-/m1/s1. The number of unbranched alkanes of at least 4 members (excludes halogenated alkanes) is 16. The molecule has 2 atom stereocenters. The third-order valence-electron chi connectivity index (χ3n) is 9.93. The molecule has 1 N–H and O–H groups in total. The average molecular weight is 1000 g/mol. The van der Waals surface area contributed by atoms with E-state index in [9.17, 15) is 88.5 Å². The first-order valence-corrected chi connectivity index (χ1v) is 22.5. The van der Waals surface area contributed by atoms with Crippen molar-refractivity contribution < 1.29 is 111 Å². The van der Waals surface area contributed by atoms with Crippen molar-refractivity contribution >= 4 is 7.82 Å². The van der Waals surface area contributed by atoms with Crippen molar-refractivity contribution in [3.05, 3.63) is 0 Å². The van der Waals surface area contributed by atoms with Crippen LogP contribution in [0, 0.1) is 0 Å². The molecule has 0 aliphatic heterocycles. The first-order valence-electron chi connectivity index (χ1n) is 21.0. The summed E-state index contributed by atoms with van der Waals surface area (Å²) in [7, 11) is 1.11. The second kappa shape index (κ2) is 27.1. The number of ether oxygens (including phenoxy) is 2. The van der Waals surface area contributed by atoms with Gasteiger partial charge in [-0.05, 0) is 25.7 Å². The molecule has 0 radical (unpaired) electrons. The fraction of sp³-hybridized carbons (Fsp3) is 1.00. The molecular formula is C38H63F18NO6P+. The summed E-state index contributed by atoms with van der Waals surface area (Å²) in [5.41, 5.74) is 0. The maximum atomic E-state index is 13.6. The number of alkyl halides is 18. The van der Waals surface area contributed by atoms with Crippen molar-refractivity contribution in [2.75, 3.05) is 60.7 Å². The van der Waals surface area contributed by atoms with Gasteiger partial charge in [0, 0.05) is 26.1 Å². The van der Waals surface area contributed by atoms with Crippen molar-refractivity contribution in [3.8, 4) is 0 Å². The van der Waals surface area contributed by atoms with Gasteiger partial charge in [0.1, 0.15) is 19.3 Å². The number of halogens is 18. The van der Waals surface area contributed by atoms with Gasteiger partial charge in [-0.25, -0.2) is 4.57 Å². The molecule has 64 heavy (non-hydrogen) atoms. The number of nitrogens with zero attached hydrogens (tertiary/aromatic N) is 1. The molecule has 0 aliphatic carbocycles. The Labute approximate surface area is 362 Å². The molecule has 0 fully saturated rings. The Kier molecular flexibility index (Phi) is 26.5. The molecule has 0 spiro atoms. The predicted molar refractivity (Wildman–Crippen MR) is 199 cm³/mol. The Bertz CT molecular complexity index is 1320. The summed E-state index contributed by atoms with van der Waals surface area (Å²) in [5.74, 6) is -38.1. The SMILES string of the molecule is C[N+](C)(C)CCOP(=O)(O)OC[C@@H](COCCCCCCCCCCCC(F)(F)C(F)(F)C(F)(F)C(F)(F)F)OCCCCCCCCCCCC(F)(F)C(F)(F)C(F)(F)C(F)(F)F. The normalized spacial score (nSPS) is 15.8. The number of rotatable bonds is 38. The van der Waals surface area contributed by atoms with Crippen LogP contribution in [0.25, 0.3) is 0 Å². The van der Waals surface area contributed by atoms with Crippen LogP contribution < -0.4 is 0 Å². The lowest BCUT2D eigenvalue weighted by Crippen LogP contribution is -2.60. The minimum atomic E-state index is -6.90. The molecule has 0 saturated heterocycles. The van der Waals surface area contributed by atoms with Crippen LogP contribution in [-0.2, 0) is 23.1 Å². The molecule has 0 aromatic rings. The highest BCUT2D eigenvalue weighted by molar-refractivity contribution is 7.47. The number of likely N-dealkylation sites (N-methyl/N-ethyl adjacent to an activating group) is 1. The number of hydrogen-bond acceptors (Lipinski definition) is 5. The summed E-state index contributed by atoms with van der Waals surface area (Å²) in [6.07, 6.45) is -11.7. The van der Waals surface area contributed by atoms with Crippen LogP contribution in [0.5, 0.6) is 0 Å². The molecule has 0 saturated carbocycles. The van der Waals surface area contributed by atoms with Crippen LogP contribution in [0.4, 0.5) is 79.0 Å². The van der Waals surface area contributed by atoms with E-state index in [1.807, 2.05) is 21.1 Å². The summed E-state index contributed by atoms with van der Waals surface area (Å²) in [5, 5.41) is 0. The number of phosphoric acid groups is 1. The van der Waals surface area contributed by atoms with Gasteiger partial charge in [-0.1, -0.05) is 89.9 Å². The Hall–Kier alpha value is -1.27. The summed E-state index contributed by atoms with van der Waals surface area (Å²) in [6.45, 7) is 0.429. The van der Waals surface area contributed by atoms with E-state index in [0.29, 0.717) is 81.7 Å². The Morgan fingerprint density at radius 1 is 0.438 bits per heavy atom. The summed E-state index contributed by atoms with van der Waals surface area (Å²) in [6, 6.07) is 0. The molecule has 0 aromatic carbocycles. The van der Waals surface area contributed by atoms with Gasteiger partial charge in [-0.2, -0.15) is 79.0 Å². The van der Waals surface area contributed by atoms with E-state index in [4.69, 9.17) is 18.5 Å². The van der Waals surface area contributed by atoms with E-state index in [0.717, 1.165) is 6.42 Å². The average Bonchev–Trinajstić information content (AvgIpc) is 3.13. The number of phosphoric ester groups is 1. The molecular weight excluding hydrogens is 939 g/mol. The van der Waals surface area contributed by atoms with E-state index >= 15 is 0 Å². The van der Waals surface area contributed by atoms with Crippen LogP contribution in [-0.4, -0.2) is 124 Å². The fourth-order valence-corrected chi connectivity index (χ4v) is 6.60. The van der Waals surface area contributed by atoms with Crippen molar-refractivity contribution in [2.24, 2.45) is 0 Å². The zero-order valence-corrected chi connectivity index (χ0v) is 37.0. The number of hydrogen-bond donors (Lipinski definition) is 1. The minimum Gasteiger partial charge on any atom is -0.379 e. The highest BCUT2D eigenvalue weighted by Crippen LogP contribution is 2.55. The molecule has 0 heterocycles. The lowest BCUT2D eigenvalue weighted by Gasteiger charge is -2.33. The summed E-state index contributed by atoms with van der Waals surface area (Å²) < 4.78 is 268. The van der Waals surface area contributed by atoms with E-state index in [2.05, 4.69) is 0 Å². The van der Waals surface area contributed by atoms with Crippen LogP contribution in [0.15, 0.2) is 0 Å². The molecule has 7 nitrogen and oxygen atoms in total. The topological polar surface area (TPSA) is 74.2 Å². The lowest BCUT2D eigenvalue weighted by molar-refractivity contribution is -0.870. The molecule has 0 aromatic heterocycles. The van der Waals surface area contributed by atoms with Crippen LogP contribution in [0.2, 0.25) is 0 Å². The first kappa shape index (κ1) is 62.7. The molecule has 26 heteroatoms. The third-order valence-corrected chi connectivity index (χ3v) is 10.9. The van der Waals surface area contributed by atoms with Gasteiger partial charge in [0.15, 0.2) is 0 Å². The molecule has 0 aliphatic rings. The van der Waals surface area contributed by atoms with Gasteiger partial charge in [-0.15, -0.1) is 0 Å². The van der Waals surface area contributed by atoms with Crippen LogP contribution >= 0.6 is 7.82 Å². The molecule has 386 valence electrons. The zero-order chi connectivity index (χ0) is 49.8. The van der Waals surface area contributed by atoms with Crippen LogP contribution in [0.1, 0.15) is 128 Å². The van der Waals surface area contributed by atoms with E-state index in [1.54, 1.807) is 0 Å². The van der Waals surface area contributed by atoms with Gasteiger partial charge in [-0.3, -0.25) is 9.05 Å². The third kappa shape index (κ3) is 21.8. The number of quaternary nitrogens is 1. The highest BCUT2D eigenvalue weighted by atomic mass is 31.2. The smallest absolute Gasteiger partial charge is 0.379 e. The first-order chi connectivity index (χ1) is 29.0. The largest absolute Gasteiger partial charge is 0.472 e. The Balaban J connectivity index is 4.52. The Morgan fingerprint density at radius 3 is 1.11 bits per heavy atom. The van der Waals surface area contributed by atoms with Crippen molar-refractivity contribution in [2.45, 2.75) is 182 Å². The van der Waals surface area contributed by atoms with E-state index < -0.39 is 87.5 Å². The molecule has 0 rings (SSSR count). The highest BCUT2D eigenvalue weighted by Gasteiger charge is 2.82. The van der Waals surface area contributed by atoms with E-state index in [-0.39, 0.29) is 58.7 Å². The summed E-state index contributed by atoms with van der Waals surface area (Å²) in [4.78, 5) is 10.1. The maximum Gasteiger partial charge on any atom is 0.472 e. The van der Waals surface area contributed by atoms with Gasteiger partial charge >= 0.3 is 55.7 Å². The van der Waals surface area contributed by atoms with Crippen molar-refractivity contribution in [3.63, 3.8) is 0 Å². The molecule has 1 unspecified atom stereocenters. The van der Waals surface area contributed by atoms with Gasteiger partial charge in [0.05, 0.1) is 34.4 Å². The van der Waals surface area contributed by atoms with Crippen LogP contribution in [0.3, 0.4) is 0 Å². The predicted octanol–water partition coefficient (Wildman–Crippen LogP) is 14.0. The second-order valence-corrected chi connectivity index (χ2v) is 18.2. The quantitative estimate of drug-likeness (QED) is 0.0288. The van der Waals surface area contributed by atoms with E-state index in [1.165, 1.54) is 0 Å². The maximum absolute atomic E-state index is 13.6. The second-order valence-electron chi connectivity index (χ2n) is 16.7. The van der Waals surface area contributed by atoms with Gasteiger partial charge in [0.2, 0.25) is 0 Å². The van der Waals surface area contributed by atoms with Gasteiger partial charge < -0.3 is 18.9 Å². The molecule has 0 amide bonds. The van der Waals surface area contributed by atoms with Crippen molar-refractivity contribution in [1.29, 1.82) is 0 Å².